The molecule has 3 aromatic rings. The molecule has 0 saturated heterocycles. The number of nitrogens with zero attached hydrogens (tertiary/aromatic N) is 1. The molecule has 0 unspecified atom stereocenters. The molecule has 2 N–H and O–H groups in total. The minimum atomic E-state index is -0.293. The molecule has 6 heteroatoms. The van der Waals surface area contributed by atoms with E-state index in [1.807, 2.05) is 18.2 Å². The zero-order valence-corrected chi connectivity index (χ0v) is 14.5. The molecule has 5 nitrogen and oxygen atoms in total. The summed E-state index contributed by atoms with van der Waals surface area (Å²) in [5.74, 6) is -0.521. The van der Waals surface area contributed by atoms with Crippen LogP contribution < -0.4 is 10.6 Å². The first-order valence-electron chi connectivity index (χ1n) is 7.97. The number of carbonyl (C=O) groups excluding carboxylic acids is 2. The third-order valence-electron chi connectivity index (χ3n) is 3.69. The van der Waals surface area contributed by atoms with Gasteiger partial charge in [-0.15, -0.1) is 0 Å². The molecule has 0 spiro atoms. The third kappa shape index (κ3) is 4.46. The molecule has 0 aliphatic heterocycles. The topological polar surface area (TPSA) is 71.1 Å². The van der Waals surface area contributed by atoms with Crippen molar-refractivity contribution in [1.82, 2.24) is 10.3 Å². The zero-order valence-electron chi connectivity index (χ0n) is 13.8. The second-order valence-electron chi connectivity index (χ2n) is 5.52. The minimum absolute atomic E-state index is 0.228. The van der Waals surface area contributed by atoms with Gasteiger partial charge >= 0.3 is 0 Å². The lowest BCUT2D eigenvalue weighted by Gasteiger charge is -2.08. The van der Waals surface area contributed by atoms with Gasteiger partial charge in [0.25, 0.3) is 11.8 Å². The van der Waals surface area contributed by atoms with Crippen LogP contribution in [0.25, 0.3) is 0 Å². The smallest absolute Gasteiger partial charge is 0.255 e. The molecule has 0 atom stereocenters. The highest BCUT2D eigenvalue weighted by molar-refractivity contribution is 6.33. The molecule has 0 radical (unpaired) electrons. The van der Waals surface area contributed by atoms with Crippen LogP contribution in [0.3, 0.4) is 0 Å². The number of aromatic nitrogens is 1. The summed E-state index contributed by atoms with van der Waals surface area (Å²) in [5.41, 5.74) is 2.22. The van der Waals surface area contributed by atoms with Crippen molar-refractivity contribution in [3.8, 4) is 0 Å². The first-order valence-corrected chi connectivity index (χ1v) is 8.35. The normalized spacial score (nSPS) is 10.2. The number of anilines is 1. The standard InChI is InChI=1S/C20H16ClN3O2/c21-17-6-1-2-7-18(17)24-20(26)15-10-8-14(9-11-15)19(25)23-13-16-5-3-4-12-22-16/h1-12H,13H2,(H,23,25)(H,24,26). The van der Waals surface area contributed by atoms with Gasteiger partial charge in [-0.25, -0.2) is 0 Å². The van der Waals surface area contributed by atoms with Crippen LogP contribution in [0.5, 0.6) is 0 Å². The Bertz CT molecular complexity index is 912. The summed E-state index contributed by atoms with van der Waals surface area (Å²) < 4.78 is 0. The summed E-state index contributed by atoms with van der Waals surface area (Å²) in [4.78, 5) is 28.6. The second kappa shape index (κ2) is 8.27. The maximum absolute atomic E-state index is 12.3. The number of para-hydroxylation sites is 1. The lowest BCUT2D eigenvalue weighted by Crippen LogP contribution is -2.23. The largest absolute Gasteiger partial charge is 0.346 e. The van der Waals surface area contributed by atoms with Crippen LogP contribution in [-0.4, -0.2) is 16.8 Å². The molecule has 0 saturated carbocycles. The number of hydrogen-bond donors (Lipinski definition) is 2. The van der Waals surface area contributed by atoms with Crippen molar-refractivity contribution >= 4 is 29.1 Å². The number of halogens is 1. The average Bonchev–Trinajstić information content (AvgIpc) is 2.69. The maximum Gasteiger partial charge on any atom is 0.255 e. The molecule has 2 amide bonds. The van der Waals surface area contributed by atoms with Crippen molar-refractivity contribution in [3.63, 3.8) is 0 Å². The first kappa shape index (κ1) is 17.6. The Morgan fingerprint density at radius 3 is 2.15 bits per heavy atom. The van der Waals surface area contributed by atoms with Gasteiger partial charge in [-0.1, -0.05) is 29.8 Å². The molecular weight excluding hydrogens is 350 g/mol. The number of benzene rings is 2. The average molecular weight is 366 g/mol. The van der Waals surface area contributed by atoms with E-state index in [0.29, 0.717) is 28.4 Å². The highest BCUT2D eigenvalue weighted by Crippen LogP contribution is 2.21. The number of nitrogens with one attached hydrogen (secondary N) is 2. The molecular formula is C20H16ClN3O2. The third-order valence-corrected chi connectivity index (χ3v) is 4.02. The van der Waals surface area contributed by atoms with E-state index in [1.54, 1.807) is 54.7 Å². The van der Waals surface area contributed by atoms with Crippen molar-refractivity contribution in [2.75, 3.05) is 5.32 Å². The summed E-state index contributed by atoms with van der Waals surface area (Å²) >= 11 is 6.04. The van der Waals surface area contributed by atoms with E-state index in [4.69, 9.17) is 11.6 Å². The fraction of sp³-hybridized carbons (Fsp3) is 0.0500. The Labute approximate surface area is 156 Å². The van der Waals surface area contributed by atoms with E-state index in [0.717, 1.165) is 5.69 Å². The predicted molar refractivity (Wildman–Crippen MR) is 101 cm³/mol. The van der Waals surface area contributed by atoms with Crippen LogP contribution in [0, 0.1) is 0 Å². The molecule has 0 bridgehead atoms. The Hall–Kier alpha value is -3.18. The van der Waals surface area contributed by atoms with Gasteiger partial charge in [-0.2, -0.15) is 0 Å². The zero-order chi connectivity index (χ0) is 18.4. The first-order chi connectivity index (χ1) is 12.6. The Balaban J connectivity index is 1.61. The van der Waals surface area contributed by atoms with Crippen LogP contribution in [0.2, 0.25) is 5.02 Å². The predicted octanol–water partition coefficient (Wildman–Crippen LogP) is 3.92. The summed E-state index contributed by atoms with van der Waals surface area (Å²) in [6, 6.07) is 18.9. The molecule has 1 aromatic heterocycles. The molecule has 26 heavy (non-hydrogen) atoms. The summed E-state index contributed by atoms with van der Waals surface area (Å²) in [5, 5.41) is 6.00. The molecule has 0 aliphatic rings. The number of rotatable bonds is 5. The lowest BCUT2D eigenvalue weighted by atomic mass is 10.1. The van der Waals surface area contributed by atoms with E-state index in [2.05, 4.69) is 15.6 Å². The van der Waals surface area contributed by atoms with Gasteiger partial charge in [0.2, 0.25) is 0 Å². The van der Waals surface area contributed by atoms with Crippen molar-refractivity contribution in [3.05, 3.63) is 94.8 Å². The summed E-state index contributed by atoms with van der Waals surface area (Å²) in [7, 11) is 0. The maximum atomic E-state index is 12.3. The van der Waals surface area contributed by atoms with Crippen LogP contribution >= 0.6 is 11.6 Å². The Kier molecular flexibility index (Phi) is 5.61. The van der Waals surface area contributed by atoms with Gasteiger partial charge in [0.15, 0.2) is 0 Å². The number of amides is 2. The Morgan fingerprint density at radius 2 is 1.50 bits per heavy atom. The number of carbonyl (C=O) groups is 2. The second-order valence-corrected chi connectivity index (χ2v) is 5.92. The van der Waals surface area contributed by atoms with Gasteiger partial charge in [0, 0.05) is 17.3 Å². The lowest BCUT2D eigenvalue weighted by molar-refractivity contribution is 0.0948. The highest BCUT2D eigenvalue weighted by Gasteiger charge is 2.10. The summed E-state index contributed by atoms with van der Waals surface area (Å²) in [6.07, 6.45) is 1.67. The van der Waals surface area contributed by atoms with Crippen LogP contribution in [0.1, 0.15) is 26.4 Å². The van der Waals surface area contributed by atoms with E-state index >= 15 is 0 Å². The van der Waals surface area contributed by atoms with Gasteiger partial charge in [-0.3, -0.25) is 14.6 Å². The van der Waals surface area contributed by atoms with Crippen molar-refractivity contribution in [2.24, 2.45) is 0 Å². The van der Waals surface area contributed by atoms with Crippen LogP contribution in [0.4, 0.5) is 5.69 Å². The highest BCUT2D eigenvalue weighted by atomic mass is 35.5. The van der Waals surface area contributed by atoms with Crippen LogP contribution in [0.15, 0.2) is 72.9 Å². The summed E-state index contributed by atoms with van der Waals surface area (Å²) in [6.45, 7) is 0.342. The van der Waals surface area contributed by atoms with E-state index in [1.165, 1.54) is 0 Å². The van der Waals surface area contributed by atoms with Crippen molar-refractivity contribution in [2.45, 2.75) is 6.54 Å². The van der Waals surface area contributed by atoms with Gasteiger partial charge < -0.3 is 10.6 Å². The van der Waals surface area contributed by atoms with Crippen molar-refractivity contribution in [1.29, 1.82) is 0 Å². The van der Waals surface area contributed by atoms with E-state index in [9.17, 15) is 9.59 Å². The van der Waals surface area contributed by atoms with Gasteiger partial charge in [0.05, 0.1) is 22.9 Å². The monoisotopic (exact) mass is 365 g/mol. The molecule has 3 rings (SSSR count). The number of hydrogen-bond acceptors (Lipinski definition) is 3. The fourth-order valence-corrected chi connectivity index (χ4v) is 2.49. The molecule has 2 aromatic carbocycles. The Morgan fingerprint density at radius 1 is 0.846 bits per heavy atom. The van der Waals surface area contributed by atoms with E-state index in [-0.39, 0.29) is 11.8 Å². The van der Waals surface area contributed by atoms with Gasteiger partial charge in [-0.05, 0) is 48.5 Å². The van der Waals surface area contributed by atoms with Gasteiger partial charge in [0.1, 0.15) is 0 Å². The quantitative estimate of drug-likeness (QED) is 0.720. The fourth-order valence-electron chi connectivity index (χ4n) is 2.31. The molecule has 0 fully saturated rings. The molecule has 130 valence electrons. The minimum Gasteiger partial charge on any atom is -0.346 e. The van der Waals surface area contributed by atoms with E-state index < -0.39 is 0 Å². The number of pyridine rings is 1. The SMILES string of the molecule is O=C(NCc1ccccn1)c1ccc(C(=O)Nc2ccccc2Cl)cc1. The molecule has 1 heterocycles. The van der Waals surface area contributed by atoms with Crippen molar-refractivity contribution < 1.29 is 9.59 Å². The molecule has 0 aliphatic carbocycles. The van der Waals surface area contributed by atoms with Crippen LogP contribution in [-0.2, 0) is 6.54 Å².